The van der Waals surface area contributed by atoms with E-state index in [4.69, 9.17) is 4.74 Å². The molecule has 2 heteroatoms. The Labute approximate surface area is 117 Å². The Morgan fingerprint density at radius 2 is 1.84 bits per heavy atom. The van der Waals surface area contributed by atoms with Crippen LogP contribution in [0.25, 0.3) is 0 Å². The number of benzene rings is 1. The van der Waals surface area contributed by atoms with E-state index in [2.05, 4.69) is 42.6 Å². The second-order valence-corrected chi connectivity index (χ2v) is 5.77. The number of ether oxygens (including phenoxy) is 1. The first-order chi connectivity index (χ1) is 9.31. The molecule has 1 aromatic rings. The van der Waals surface area contributed by atoms with Gasteiger partial charge in [0.15, 0.2) is 0 Å². The van der Waals surface area contributed by atoms with Crippen LogP contribution in [0, 0.1) is 5.92 Å². The fourth-order valence-corrected chi connectivity index (χ4v) is 3.18. The first-order valence-electron chi connectivity index (χ1n) is 7.61. The molecule has 0 bridgehead atoms. The lowest BCUT2D eigenvalue weighted by Crippen LogP contribution is -2.38. The zero-order chi connectivity index (χ0) is 13.5. The van der Waals surface area contributed by atoms with Crippen LogP contribution in [0.1, 0.15) is 50.6 Å². The summed E-state index contributed by atoms with van der Waals surface area (Å²) in [5.41, 5.74) is 1.33. The van der Waals surface area contributed by atoms with Gasteiger partial charge in [0.1, 0.15) is 0 Å². The molecule has 1 fully saturated rings. The van der Waals surface area contributed by atoms with Crippen LogP contribution in [0.5, 0.6) is 0 Å². The fourth-order valence-electron chi connectivity index (χ4n) is 3.18. The zero-order valence-corrected chi connectivity index (χ0v) is 12.3. The van der Waals surface area contributed by atoms with E-state index in [0.29, 0.717) is 12.1 Å². The van der Waals surface area contributed by atoms with Crippen LogP contribution in [0.2, 0.25) is 0 Å². The van der Waals surface area contributed by atoms with E-state index in [1.807, 2.05) is 0 Å². The van der Waals surface area contributed by atoms with Gasteiger partial charge in [0, 0.05) is 13.2 Å². The molecule has 19 heavy (non-hydrogen) atoms. The van der Waals surface area contributed by atoms with Crippen molar-refractivity contribution < 1.29 is 4.74 Å². The summed E-state index contributed by atoms with van der Waals surface area (Å²) in [6, 6.07) is 11.5. The van der Waals surface area contributed by atoms with Crippen LogP contribution in [0.15, 0.2) is 30.3 Å². The van der Waals surface area contributed by atoms with Crippen molar-refractivity contribution in [1.29, 1.82) is 0 Å². The Hall–Kier alpha value is -0.860. The van der Waals surface area contributed by atoms with Gasteiger partial charge < -0.3 is 10.1 Å². The number of nitrogens with one attached hydrogen (secondary N) is 1. The molecule has 1 aliphatic carbocycles. The Morgan fingerprint density at radius 1 is 1.16 bits per heavy atom. The van der Waals surface area contributed by atoms with Gasteiger partial charge in [-0.3, -0.25) is 0 Å². The van der Waals surface area contributed by atoms with E-state index >= 15 is 0 Å². The maximum atomic E-state index is 5.38. The van der Waals surface area contributed by atoms with Crippen molar-refractivity contribution in [3.05, 3.63) is 35.9 Å². The van der Waals surface area contributed by atoms with Gasteiger partial charge in [0.05, 0.1) is 12.6 Å². The normalized spacial score (nSPS) is 20.1. The van der Waals surface area contributed by atoms with E-state index in [0.717, 1.165) is 12.5 Å². The Kier molecular flexibility index (Phi) is 5.87. The lowest BCUT2D eigenvalue weighted by atomic mass is 9.84. The Balaban J connectivity index is 1.96. The molecule has 0 saturated heterocycles. The molecule has 1 N–H and O–H groups in total. The first kappa shape index (κ1) is 14.5. The number of rotatable bonds is 6. The molecule has 1 unspecified atom stereocenters. The molecule has 0 aromatic heterocycles. The van der Waals surface area contributed by atoms with Crippen LogP contribution >= 0.6 is 0 Å². The smallest absolute Gasteiger partial charge is 0.0657 e. The Bertz CT molecular complexity index is 346. The maximum absolute atomic E-state index is 5.38. The third-order valence-electron chi connectivity index (χ3n) is 4.36. The van der Waals surface area contributed by atoms with Crippen LogP contribution in [0.4, 0.5) is 0 Å². The van der Waals surface area contributed by atoms with E-state index in [1.165, 1.54) is 37.7 Å². The number of methoxy groups -OCH3 is 1. The standard InChI is InChI=1S/C17H27NO/c1-14(15-9-5-3-6-10-15)18-17(13-19-2)16-11-7-4-8-12-16/h4,7-8,11-12,14-15,17-18H,3,5-6,9-10,13H2,1-2H3/t14-,17?/m1/s1. The molecule has 0 amide bonds. The minimum atomic E-state index is 0.308. The van der Waals surface area contributed by atoms with Gasteiger partial charge in [-0.15, -0.1) is 0 Å². The van der Waals surface area contributed by atoms with Crippen LogP contribution < -0.4 is 5.32 Å². The summed E-state index contributed by atoms with van der Waals surface area (Å²) in [5, 5.41) is 3.78. The van der Waals surface area contributed by atoms with E-state index < -0.39 is 0 Å². The highest BCUT2D eigenvalue weighted by molar-refractivity contribution is 5.19. The molecule has 2 nitrogen and oxygen atoms in total. The fraction of sp³-hybridized carbons (Fsp3) is 0.647. The van der Waals surface area contributed by atoms with Crippen molar-refractivity contribution in [2.75, 3.05) is 13.7 Å². The highest BCUT2D eigenvalue weighted by Crippen LogP contribution is 2.27. The van der Waals surface area contributed by atoms with Crippen LogP contribution in [-0.2, 0) is 4.74 Å². The quantitative estimate of drug-likeness (QED) is 0.837. The van der Waals surface area contributed by atoms with Crippen LogP contribution in [0.3, 0.4) is 0 Å². The van der Waals surface area contributed by atoms with Crippen molar-refractivity contribution in [3.8, 4) is 0 Å². The second-order valence-electron chi connectivity index (χ2n) is 5.77. The van der Waals surface area contributed by atoms with Gasteiger partial charge in [-0.25, -0.2) is 0 Å². The lowest BCUT2D eigenvalue weighted by molar-refractivity contribution is 0.151. The van der Waals surface area contributed by atoms with Gasteiger partial charge >= 0.3 is 0 Å². The van der Waals surface area contributed by atoms with Gasteiger partial charge in [0.25, 0.3) is 0 Å². The maximum Gasteiger partial charge on any atom is 0.0657 e. The largest absolute Gasteiger partial charge is 0.383 e. The highest BCUT2D eigenvalue weighted by atomic mass is 16.5. The van der Waals surface area contributed by atoms with Crippen molar-refractivity contribution >= 4 is 0 Å². The SMILES string of the molecule is COCC(N[C@H](C)C1CCCCC1)c1ccccc1. The average Bonchev–Trinajstić information content (AvgIpc) is 2.48. The third-order valence-corrected chi connectivity index (χ3v) is 4.36. The van der Waals surface area contributed by atoms with Crippen molar-refractivity contribution in [2.24, 2.45) is 5.92 Å². The van der Waals surface area contributed by atoms with Crippen LogP contribution in [-0.4, -0.2) is 19.8 Å². The van der Waals surface area contributed by atoms with Crippen molar-refractivity contribution in [2.45, 2.75) is 51.1 Å². The molecule has 1 aliphatic rings. The summed E-state index contributed by atoms with van der Waals surface area (Å²) in [4.78, 5) is 0. The molecule has 0 spiro atoms. The number of hydrogen-bond acceptors (Lipinski definition) is 2. The topological polar surface area (TPSA) is 21.3 Å². The lowest BCUT2D eigenvalue weighted by Gasteiger charge is -2.31. The molecule has 2 atom stereocenters. The van der Waals surface area contributed by atoms with Crippen molar-refractivity contribution in [1.82, 2.24) is 5.32 Å². The summed E-state index contributed by atoms with van der Waals surface area (Å²) in [5.74, 6) is 0.830. The van der Waals surface area contributed by atoms with Gasteiger partial charge in [0.2, 0.25) is 0 Å². The zero-order valence-electron chi connectivity index (χ0n) is 12.3. The molecule has 106 valence electrons. The van der Waals surface area contributed by atoms with Crippen molar-refractivity contribution in [3.63, 3.8) is 0 Å². The summed E-state index contributed by atoms with van der Waals surface area (Å²) in [6.45, 7) is 3.07. The second kappa shape index (κ2) is 7.66. The molecule has 1 aromatic carbocycles. The van der Waals surface area contributed by atoms with E-state index in [9.17, 15) is 0 Å². The third kappa shape index (κ3) is 4.32. The predicted molar refractivity (Wildman–Crippen MR) is 80.2 cm³/mol. The van der Waals surface area contributed by atoms with E-state index in [-0.39, 0.29) is 0 Å². The summed E-state index contributed by atoms with van der Waals surface area (Å²) in [6.07, 6.45) is 6.97. The number of hydrogen-bond donors (Lipinski definition) is 1. The molecule has 0 radical (unpaired) electrons. The minimum Gasteiger partial charge on any atom is -0.383 e. The minimum absolute atomic E-state index is 0.308. The average molecular weight is 261 g/mol. The molecule has 2 rings (SSSR count). The monoisotopic (exact) mass is 261 g/mol. The van der Waals surface area contributed by atoms with Gasteiger partial charge in [-0.2, -0.15) is 0 Å². The highest BCUT2D eigenvalue weighted by Gasteiger charge is 2.22. The van der Waals surface area contributed by atoms with E-state index in [1.54, 1.807) is 7.11 Å². The predicted octanol–water partition coefficient (Wildman–Crippen LogP) is 3.93. The molecular formula is C17H27NO. The summed E-state index contributed by atoms with van der Waals surface area (Å²) in [7, 11) is 1.78. The van der Waals surface area contributed by atoms with Gasteiger partial charge in [-0.1, -0.05) is 49.6 Å². The molecular weight excluding hydrogens is 234 g/mol. The molecule has 0 heterocycles. The summed E-state index contributed by atoms with van der Waals surface area (Å²) >= 11 is 0. The summed E-state index contributed by atoms with van der Waals surface area (Å²) < 4.78 is 5.38. The molecule has 1 saturated carbocycles. The van der Waals surface area contributed by atoms with Gasteiger partial charge in [-0.05, 0) is 31.2 Å². The first-order valence-corrected chi connectivity index (χ1v) is 7.61. The Morgan fingerprint density at radius 3 is 2.47 bits per heavy atom. The molecule has 0 aliphatic heterocycles.